The summed E-state index contributed by atoms with van der Waals surface area (Å²) >= 11 is 4.25. The highest BCUT2D eigenvalue weighted by molar-refractivity contribution is 9.10. The van der Waals surface area contributed by atoms with E-state index >= 15 is 0 Å². The molecule has 0 aromatic carbocycles. The normalized spacial score (nSPS) is 10.2. The summed E-state index contributed by atoms with van der Waals surface area (Å²) in [5, 5.41) is 11.6. The van der Waals surface area contributed by atoms with Gasteiger partial charge in [0.1, 0.15) is 10.7 Å². The maximum absolute atomic E-state index is 11.5. The Bertz CT molecular complexity index is 693. The molecule has 0 bridgehead atoms. The molecule has 0 N–H and O–H groups in total. The molecule has 2 heterocycles. The number of hydrogen-bond acceptors (Lipinski definition) is 7. The van der Waals surface area contributed by atoms with Crippen molar-refractivity contribution in [1.82, 2.24) is 9.97 Å². The lowest BCUT2D eigenvalue weighted by Gasteiger charge is -2.04. The van der Waals surface area contributed by atoms with Crippen LogP contribution in [0.3, 0.4) is 0 Å². The van der Waals surface area contributed by atoms with E-state index in [9.17, 15) is 14.9 Å². The van der Waals surface area contributed by atoms with Crippen molar-refractivity contribution < 1.29 is 14.5 Å². The highest BCUT2D eigenvalue weighted by Gasteiger charge is 2.20. The Kier molecular flexibility index (Phi) is 4.86. The zero-order chi connectivity index (χ0) is 15.4. The molecular weight excluding hydrogens is 362 g/mol. The van der Waals surface area contributed by atoms with Gasteiger partial charge in [-0.1, -0.05) is 0 Å². The maximum Gasteiger partial charge on any atom is 0.356 e. The van der Waals surface area contributed by atoms with Gasteiger partial charge in [-0.2, -0.15) is 0 Å². The fourth-order valence-electron chi connectivity index (χ4n) is 1.39. The van der Waals surface area contributed by atoms with Crippen LogP contribution >= 0.6 is 27.7 Å². The number of aromatic nitrogens is 2. The molecule has 0 saturated carbocycles. The molecule has 2 aromatic heterocycles. The Balaban J connectivity index is 2.40. The van der Waals surface area contributed by atoms with E-state index in [0.29, 0.717) is 5.03 Å². The molecule has 0 amide bonds. The Morgan fingerprint density at radius 2 is 2.14 bits per heavy atom. The second kappa shape index (κ2) is 6.64. The van der Waals surface area contributed by atoms with Gasteiger partial charge in [-0.15, -0.1) is 0 Å². The molecule has 0 spiro atoms. The lowest BCUT2D eigenvalue weighted by Crippen LogP contribution is -2.06. The van der Waals surface area contributed by atoms with E-state index in [-0.39, 0.29) is 16.4 Å². The van der Waals surface area contributed by atoms with Crippen molar-refractivity contribution in [2.24, 2.45) is 0 Å². The number of ether oxygens (including phenoxy) is 1. The molecule has 0 atom stereocenters. The van der Waals surface area contributed by atoms with Crippen LogP contribution in [0.5, 0.6) is 0 Å². The summed E-state index contributed by atoms with van der Waals surface area (Å²) in [6, 6.07) is 5.92. The lowest BCUT2D eigenvalue weighted by molar-refractivity contribution is -0.388. The topological polar surface area (TPSA) is 95.2 Å². The molecule has 0 aliphatic rings. The summed E-state index contributed by atoms with van der Waals surface area (Å²) in [6.45, 7) is 0. The van der Waals surface area contributed by atoms with Gasteiger partial charge in [-0.05, 0) is 45.9 Å². The predicted molar refractivity (Wildman–Crippen MR) is 78.3 cm³/mol. The minimum absolute atomic E-state index is 0.00251. The average Bonchev–Trinajstić information content (AvgIpc) is 2.48. The van der Waals surface area contributed by atoms with Crippen molar-refractivity contribution in [3.8, 4) is 0 Å². The zero-order valence-electron chi connectivity index (χ0n) is 10.6. The van der Waals surface area contributed by atoms with Crippen molar-refractivity contribution in [2.45, 2.75) is 10.1 Å². The van der Waals surface area contributed by atoms with Gasteiger partial charge < -0.3 is 4.74 Å². The molecule has 0 unspecified atom stereocenters. The van der Waals surface area contributed by atoms with Crippen LogP contribution < -0.4 is 0 Å². The molecule has 21 heavy (non-hydrogen) atoms. The third kappa shape index (κ3) is 3.76. The Morgan fingerprint density at radius 1 is 1.38 bits per heavy atom. The highest BCUT2D eigenvalue weighted by Crippen LogP contribution is 2.32. The van der Waals surface area contributed by atoms with Gasteiger partial charge in [0.2, 0.25) is 0 Å². The minimum atomic E-state index is -0.657. The van der Waals surface area contributed by atoms with E-state index in [2.05, 4.69) is 30.6 Å². The van der Waals surface area contributed by atoms with Gasteiger partial charge in [0.25, 0.3) is 0 Å². The summed E-state index contributed by atoms with van der Waals surface area (Å²) in [7, 11) is 1.22. The first-order valence-electron chi connectivity index (χ1n) is 5.54. The number of pyridine rings is 2. The number of halogens is 1. The van der Waals surface area contributed by atoms with Crippen LogP contribution in [-0.2, 0) is 4.74 Å². The maximum atomic E-state index is 11.5. The number of carbonyl (C=O) groups excluding carboxylic acids is 1. The fourth-order valence-corrected chi connectivity index (χ4v) is 2.45. The van der Waals surface area contributed by atoms with E-state index in [0.717, 1.165) is 16.2 Å². The van der Waals surface area contributed by atoms with E-state index < -0.39 is 10.9 Å². The molecule has 2 aromatic rings. The van der Waals surface area contributed by atoms with Crippen LogP contribution in [0.1, 0.15) is 10.5 Å². The van der Waals surface area contributed by atoms with Crippen molar-refractivity contribution in [3.63, 3.8) is 0 Å². The molecule has 108 valence electrons. The predicted octanol–water partition coefficient (Wildman–Crippen LogP) is 3.09. The van der Waals surface area contributed by atoms with E-state index in [1.54, 1.807) is 18.3 Å². The van der Waals surface area contributed by atoms with E-state index in [1.807, 2.05) is 0 Å². The smallest absolute Gasteiger partial charge is 0.356 e. The molecular formula is C12H8BrN3O4S. The summed E-state index contributed by atoms with van der Waals surface area (Å²) < 4.78 is 5.34. The van der Waals surface area contributed by atoms with Crippen molar-refractivity contribution >= 4 is 39.3 Å². The van der Waals surface area contributed by atoms with Gasteiger partial charge in [-0.25, -0.2) is 14.8 Å². The molecule has 0 aliphatic carbocycles. The second-order valence-corrected chi connectivity index (χ2v) is 5.61. The van der Waals surface area contributed by atoms with Gasteiger partial charge in [0.05, 0.1) is 12.0 Å². The first kappa shape index (κ1) is 15.4. The van der Waals surface area contributed by atoms with Crippen LogP contribution in [0.2, 0.25) is 0 Å². The third-order valence-corrected chi connectivity index (χ3v) is 3.75. The van der Waals surface area contributed by atoms with Crippen LogP contribution in [0.25, 0.3) is 0 Å². The van der Waals surface area contributed by atoms with Gasteiger partial charge in [0, 0.05) is 16.7 Å². The number of nitro groups is 1. The highest BCUT2D eigenvalue weighted by atomic mass is 79.9. The quantitative estimate of drug-likeness (QED) is 0.464. The Morgan fingerprint density at radius 3 is 2.71 bits per heavy atom. The first-order chi connectivity index (χ1) is 10.0. The second-order valence-electron chi connectivity index (χ2n) is 3.69. The monoisotopic (exact) mass is 369 g/mol. The number of esters is 1. The molecule has 0 radical (unpaired) electrons. The Labute approximate surface area is 132 Å². The number of rotatable bonds is 4. The van der Waals surface area contributed by atoms with E-state index in [1.165, 1.54) is 19.2 Å². The zero-order valence-corrected chi connectivity index (χ0v) is 13.1. The van der Waals surface area contributed by atoms with Gasteiger partial charge in [0.15, 0.2) is 5.03 Å². The summed E-state index contributed by atoms with van der Waals surface area (Å²) in [6.07, 6.45) is 1.57. The largest absolute Gasteiger partial charge is 0.464 e. The van der Waals surface area contributed by atoms with Crippen LogP contribution in [0, 0.1) is 10.1 Å². The van der Waals surface area contributed by atoms with Gasteiger partial charge in [-0.3, -0.25) is 10.1 Å². The summed E-state index contributed by atoms with van der Waals surface area (Å²) in [5.41, 5.74) is -0.194. The fraction of sp³-hybridized carbons (Fsp3) is 0.0833. The molecule has 9 heteroatoms. The van der Waals surface area contributed by atoms with Crippen molar-refractivity contribution in [2.75, 3.05) is 7.11 Å². The van der Waals surface area contributed by atoms with Crippen LogP contribution in [0.15, 0.2) is 45.0 Å². The molecule has 0 aliphatic heterocycles. The standard InChI is InChI=1S/C12H8BrN3O4S/c1-20-12(17)8-3-4-9(16(18)19)11(15-8)21-10-5-2-7(13)6-14-10/h2-6H,1H3. The lowest BCUT2D eigenvalue weighted by atomic mass is 10.3. The van der Waals surface area contributed by atoms with Gasteiger partial charge >= 0.3 is 11.7 Å². The third-order valence-electron chi connectivity index (χ3n) is 2.33. The number of hydrogen-bond donors (Lipinski definition) is 0. The molecule has 0 saturated heterocycles. The van der Waals surface area contributed by atoms with Crippen LogP contribution in [0.4, 0.5) is 5.69 Å². The number of nitrogens with zero attached hydrogens (tertiary/aromatic N) is 3. The number of carbonyl (C=O) groups is 1. The first-order valence-corrected chi connectivity index (χ1v) is 7.15. The summed E-state index contributed by atoms with van der Waals surface area (Å²) in [4.78, 5) is 30.0. The summed E-state index contributed by atoms with van der Waals surface area (Å²) in [5.74, 6) is -0.657. The van der Waals surface area contributed by atoms with Crippen molar-refractivity contribution in [1.29, 1.82) is 0 Å². The average molecular weight is 370 g/mol. The molecule has 7 nitrogen and oxygen atoms in total. The van der Waals surface area contributed by atoms with E-state index in [4.69, 9.17) is 0 Å². The van der Waals surface area contributed by atoms with Crippen LogP contribution in [-0.4, -0.2) is 28.0 Å². The Hall–Kier alpha value is -2.00. The minimum Gasteiger partial charge on any atom is -0.464 e. The molecule has 0 fully saturated rings. The SMILES string of the molecule is COC(=O)c1ccc([N+](=O)[O-])c(Sc2ccc(Br)cn2)n1. The number of methoxy groups -OCH3 is 1. The van der Waals surface area contributed by atoms with Crippen molar-refractivity contribution in [3.05, 3.63) is 50.7 Å². The molecule has 2 rings (SSSR count).